The van der Waals surface area contributed by atoms with Crippen molar-refractivity contribution >= 4 is 0 Å². The number of aromatic nitrogens is 1. The molecule has 1 aliphatic rings. The predicted molar refractivity (Wildman–Crippen MR) is 81.4 cm³/mol. The summed E-state index contributed by atoms with van der Waals surface area (Å²) in [6, 6.07) is 12.6. The standard InChI is InChI=1S/C17H20N2O2/c1-20-16-7-2-13(3-8-16)12-21-17-9-6-15(19-11-17)10-18-14-4-5-14/h2-3,6-9,11,14,18H,4-5,10,12H2,1H3. The summed E-state index contributed by atoms with van der Waals surface area (Å²) < 4.78 is 10.9. The van der Waals surface area contributed by atoms with Crippen LogP contribution in [0.25, 0.3) is 0 Å². The van der Waals surface area contributed by atoms with Gasteiger partial charge in [-0.25, -0.2) is 0 Å². The fourth-order valence-corrected chi connectivity index (χ4v) is 2.03. The van der Waals surface area contributed by atoms with Gasteiger partial charge in [-0.05, 0) is 42.7 Å². The van der Waals surface area contributed by atoms with Gasteiger partial charge in [-0.15, -0.1) is 0 Å². The molecule has 1 aliphatic carbocycles. The van der Waals surface area contributed by atoms with E-state index in [1.165, 1.54) is 12.8 Å². The zero-order valence-electron chi connectivity index (χ0n) is 12.2. The Morgan fingerprint density at radius 3 is 2.48 bits per heavy atom. The Bertz CT molecular complexity index is 562. The van der Waals surface area contributed by atoms with Crippen LogP contribution in [-0.4, -0.2) is 18.1 Å². The van der Waals surface area contributed by atoms with Crippen LogP contribution < -0.4 is 14.8 Å². The quantitative estimate of drug-likeness (QED) is 0.849. The fraction of sp³-hybridized carbons (Fsp3) is 0.353. The zero-order valence-corrected chi connectivity index (χ0v) is 12.2. The van der Waals surface area contributed by atoms with E-state index in [4.69, 9.17) is 9.47 Å². The fourth-order valence-electron chi connectivity index (χ4n) is 2.03. The van der Waals surface area contributed by atoms with Gasteiger partial charge in [0.25, 0.3) is 0 Å². The molecule has 1 aromatic carbocycles. The zero-order chi connectivity index (χ0) is 14.5. The largest absolute Gasteiger partial charge is 0.497 e. The van der Waals surface area contributed by atoms with Crippen molar-refractivity contribution in [3.05, 3.63) is 53.9 Å². The van der Waals surface area contributed by atoms with Crippen molar-refractivity contribution in [1.29, 1.82) is 0 Å². The molecule has 0 atom stereocenters. The topological polar surface area (TPSA) is 43.4 Å². The molecule has 0 spiro atoms. The highest BCUT2D eigenvalue weighted by atomic mass is 16.5. The summed E-state index contributed by atoms with van der Waals surface area (Å²) in [4.78, 5) is 4.41. The third-order valence-electron chi connectivity index (χ3n) is 3.51. The lowest BCUT2D eigenvalue weighted by Gasteiger charge is -2.08. The molecule has 0 unspecified atom stereocenters. The van der Waals surface area contributed by atoms with E-state index in [-0.39, 0.29) is 0 Å². The minimum atomic E-state index is 0.533. The first kappa shape index (κ1) is 13.9. The third-order valence-corrected chi connectivity index (χ3v) is 3.51. The van der Waals surface area contributed by atoms with E-state index >= 15 is 0 Å². The van der Waals surface area contributed by atoms with E-state index in [1.54, 1.807) is 13.3 Å². The molecule has 1 heterocycles. The lowest BCUT2D eigenvalue weighted by molar-refractivity contribution is 0.304. The van der Waals surface area contributed by atoms with E-state index in [0.717, 1.165) is 29.3 Å². The van der Waals surface area contributed by atoms with Crippen molar-refractivity contribution < 1.29 is 9.47 Å². The lowest BCUT2D eigenvalue weighted by Crippen LogP contribution is -2.16. The maximum absolute atomic E-state index is 5.73. The summed E-state index contributed by atoms with van der Waals surface area (Å²) in [7, 11) is 1.66. The SMILES string of the molecule is COc1ccc(COc2ccc(CNC3CC3)nc2)cc1. The van der Waals surface area contributed by atoms with E-state index in [1.807, 2.05) is 36.4 Å². The Balaban J connectivity index is 1.49. The van der Waals surface area contributed by atoms with Crippen molar-refractivity contribution in [2.75, 3.05) is 7.11 Å². The van der Waals surface area contributed by atoms with Gasteiger partial charge in [-0.1, -0.05) is 12.1 Å². The van der Waals surface area contributed by atoms with Crippen LogP contribution in [0.5, 0.6) is 11.5 Å². The van der Waals surface area contributed by atoms with Crippen molar-refractivity contribution in [3.8, 4) is 11.5 Å². The highest BCUT2D eigenvalue weighted by Crippen LogP contribution is 2.19. The molecule has 4 nitrogen and oxygen atoms in total. The van der Waals surface area contributed by atoms with E-state index in [2.05, 4.69) is 10.3 Å². The van der Waals surface area contributed by atoms with Crippen molar-refractivity contribution in [2.45, 2.75) is 32.0 Å². The molecule has 1 fully saturated rings. The Hall–Kier alpha value is -2.07. The van der Waals surface area contributed by atoms with Gasteiger partial charge >= 0.3 is 0 Å². The smallest absolute Gasteiger partial charge is 0.138 e. The summed E-state index contributed by atoms with van der Waals surface area (Å²) in [5.74, 6) is 1.65. The van der Waals surface area contributed by atoms with E-state index < -0.39 is 0 Å². The second-order valence-electron chi connectivity index (χ2n) is 5.28. The second-order valence-corrected chi connectivity index (χ2v) is 5.28. The highest BCUT2D eigenvalue weighted by Gasteiger charge is 2.19. The molecule has 1 saturated carbocycles. The molecular weight excluding hydrogens is 264 g/mol. The summed E-state index contributed by atoms with van der Waals surface area (Å²) in [5.41, 5.74) is 2.16. The van der Waals surface area contributed by atoms with Gasteiger partial charge in [0.2, 0.25) is 0 Å². The van der Waals surface area contributed by atoms with Gasteiger partial charge in [0.1, 0.15) is 18.1 Å². The van der Waals surface area contributed by atoms with Gasteiger partial charge in [0, 0.05) is 12.6 Å². The monoisotopic (exact) mass is 284 g/mol. The second kappa shape index (κ2) is 6.59. The molecule has 21 heavy (non-hydrogen) atoms. The van der Waals surface area contributed by atoms with Gasteiger partial charge in [0.05, 0.1) is 19.0 Å². The number of rotatable bonds is 7. The molecular formula is C17H20N2O2. The van der Waals surface area contributed by atoms with Gasteiger partial charge < -0.3 is 14.8 Å². The summed E-state index contributed by atoms with van der Waals surface area (Å²) in [6.07, 6.45) is 4.37. The van der Waals surface area contributed by atoms with Crippen molar-refractivity contribution in [1.82, 2.24) is 10.3 Å². The molecule has 1 N–H and O–H groups in total. The normalized spacial score (nSPS) is 14.0. The molecule has 2 aromatic rings. The van der Waals surface area contributed by atoms with Crippen LogP contribution in [0.15, 0.2) is 42.6 Å². The Labute approximate surface area is 125 Å². The first-order valence-electron chi connectivity index (χ1n) is 7.27. The first-order valence-corrected chi connectivity index (χ1v) is 7.27. The number of nitrogens with one attached hydrogen (secondary N) is 1. The van der Waals surface area contributed by atoms with Crippen molar-refractivity contribution in [3.63, 3.8) is 0 Å². The molecule has 4 heteroatoms. The minimum Gasteiger partial charge on any atom is -0.497 e. The van der Waals surface area contributed by atoms with Gasteiger partial charge in [0.15, 0.2) is 0 Å². The van der Waals surface area contributed by atoms with Crippen LogP contribution in [0.2, 0.25) is 0 Å². The maximum atomic E-state index is 5.73. The molecule has 110 valence electrons. The molecule has 0 aliphatic heterocycles. The molecule has 1 aromatic heterocycles. The van der Waals surface area contributed by atoms with E-state index in [0.29, 0.717) is 12.6 Å². The molecule has 0 saturated heterocycles. The Kier molecular flexibility index (Phi) is 4.36. The lowest BCUT2D eigenvalue weighted by atomic mass is 10.2. The summed E-state index contributed by atoms with van der Waals surface area (Å²) in [5, 5.41) is 3.45. The average molecular weight is 284 g/mol. The molecule has 0 amide bonds. The summed E-state index contributed by atoms with van der Waals surface area (Å²) in [6.45, 7) is 1.37. The highest BCUT2D eigenvalue weighted by molar-refractivity contribution is 5.27. The van der Waals surface area contributed by atoms with Crippen LogP contribution in [-0.2, 0) is 13.2 Å². The van der Waals surface area contributed by atoms with Crippen LogP contribution in [0.4, 0.5) is 0 Å². The molecule has 0 radical (unpaired) electrons. The van der Waals surface area contributed by atoms with Crippen molar-refractivity contribution in [2.24, 2.45) is 0 Å². The van der Waals surface area contributed by atoms with E-state index in [9.17, 15) is 0 Å². The number of benzene rings is 1. The molecule has 0 bridgehead atoms. The van der Waals surface area contributed by atoms with Crippen LogP contribution in [0, 0.1) is 0 Å². The maximum Gasteiger partial charge on any atom is 0.138 e. The number of hydrogen-bond donors (Lipinski definition) is 1. The van der Waals surface area contributed by atoms with Crippen LogP contribution in [0.3, 0.4) is 0 Å². The Morgan fingerprint density at radius 1 is 1.10 bits per heavy atom. The number of pyridine rings is 1. The average Bonchev–Trinajstić information content (AvgIpc) is 3.37. The van der Waals surface area contributed by atoms with Crippen LogP contribution in [0.1, 0.15) is 24.1 Å². The Morgan fingerprint density at radius 2 is 1.86 bits per heavy atom. The van der Waals surface area contributed by atoms with Crippen LogP contribution >= 0.6 is 0 Å². The number of hydrogen-bond acceptors (Lipinski definition) is 4. The summed E-state index contributed by atoms with van der Waals surface area (Å²) >= 11 is 0. The number of nitrogens with zero attached hydrogens (tertiary/aromatic N) is 1. The minimum absolute atomic E-state index is 0.533. The number of ether oxygens (including phenoxy) is 2. The van der Waals surface area contributed by atoms with Gasteiger partial charge in [-0.3, -0.25) is 4.98 Å². The number of methoxy groups -OCH3 is 1. The predicted octanol–water partition coefficient (Wildman–Crippen LogP) is 2.92. The third kappa shape index (κ3) is 4.20. The van der Waals surface area contributed by atoms with Gasteiger partial charge in [-0.2, -0.15) is 0 Å². The first-order chi connectivity index (χ1) is 10.3. The molecule has 3 rings (SSSR count).